The predicted molar refractivity (Wildman–Crippen MR) is 67.1 cm³/mol. The van der Waals surface area contributed by atoms with Crippen LogP contribution >= 0.6 is 11.6 Å². The van der Waals surface area contributed by atoms with Crippen molar-refractivity contribution < 1.29 is 4.74 Å². The number of ether oxygens (including phenoxy) is 1. The summed E-state index contributed by atoms with van der Waals surface area (Å²) in [6, 6.07) is 12.9. The second kappa shape index (κ2) is 4.45. The molecule has 2 N–H and O–H groups in total. The van der Waals surface area contributed by atoms with Crippen molar-refractivity contribution >= 4 is 17.3 Å². The van der Waals surface area contributed by atoms with Crippen molar-refractivity contribution in [1.82, 2.24) is 0 Å². The molecular weight excluding hydrogens is 222 g/mol. The standard InChI is InChI=1S/C13H12ClNO/c1-9-8-10(6-7-12(9)15)16-13-5-3-2-4-11(13)14/h2-8H,15H2,1H3. The highest BCUT2D eigenvalue weighted by atomic mass is 35.5. The topological polar surface area (TPSA) is 35.2 Å². The lowest BCUT2D eigenvalue weighted by atomic mass is 10.2. The molecule has 0 fully saturated rings. The zero-order chi connectivity index (χ0) is 11.5. The molecule has 2 nitrogen and oxygen atoms in total. The van der Waals surface area contributed by atoms with E-state index in [-0.39, 0.29) is 0 Å². The summed E-state index contributed by atoms with van der Waals surface area (Å²) in [6.45, 7) is 1.94. The van der Waals surface area contributed by atoms with E-state index in [2.05, 4.69) is 0 Å². The third kappa shape index (κ3) is 2.28. The van der Waals surface area contributed by atoms with Crippen LogP contribution in [0.5, 0.6) is 11.5 Å². The minimum absolute atomic E-state index is 0.594. The lowest BCUT2D eigenvalue weighted by Crippen LogP contribution is -1.91. The van der Waals surface area contributed by atoms with Crippen LogP contribution in [-0.4, -0.2) is 0 Å². The molecular formula is C13H12ClNO. The summed E-state index contributed by atoms with van der Waals surface area (Å²) in [7, 11) is 0. The summed E-state index contributed by atoms with van der Waals surface area (Å²) in [4.78, 5) is 0. The van der Waals surface area contributed by atoms with Gasteiger partial charge in [0.1, 0.15) is 11.5 Å². The van der Waals surface area contributed by atoms with Gasteiger partial charge in [-0.3, -0.25) is 0 Å². The van der Waals surface area contributed by atoms with Crippen molar-refractivity contribution in [2.45, 2.75) is 6.92 Å². The van der Waals surface area contributed by atoms with Crippen molar-refractivity contribution in [2.75, 3.05) is 5.73 Å². The van der Waals surface area contributed by atoms with Gasteiger partial charge < -0.3 is 10.5 Å². The zero-order valence-electron chi connectivity index (χ0n) is 8.91. The van der Waals surface area contributed by atoms with Crippen molar-refractivity contribution in [3.05, 3.63) is 53.1 Å². The van der Waals surface area contributed by atoms with Crippen LogP contribution in [-0.2, 0) is 0 Å². The fourth-order valence-corrected chi connectivity index (χ4v) is 1.54. The molecule has 0 radical (unpaired) electrons. The number of hydrogen-bond acceptors (Lipinski definition) is 2. The quantitative estimate of drug-likeness (QED) is 0.795. The second-order valence-electron chi connectivity index (χ2n) is 3.55. The molecule has 0 atom stereocenters. The van der Waals surface area contributed by atoms with Crippen LogP contribution in [0.3, 0.4) is 0 Å². The molecule has 16 heavy (non-hydrogen) atoms. The number of halogens is 1. The predicted octanol–water partition coefficient (Wildman–Crippen LogP) is 4.02. The van der Waals surface area contributed by atoms with Crippen LogP contribution in [0.2, 0.25) is 5.02 Å². The third-order valence-corrected chi connectivity index (χ3v) is 2.62. The van der Waals surface area contributed by atoms with Gasteiger partial charge in [-0.25, -0.2) is 0 Å². The Morgan fingerprint density at radius 1 is 1.12 bits per heavy atom. The van der Waals surface area contributed by atoms with Crippen LogP contribution in [0, 0.1) is 6.92 Å². The van der Waals surface area contributed by atoms with Crippen LogP contribution < -0.4 is 10.5 Å². The number of nitrogens with two attached hydrogens (primary N) is 1. The van der Waals surface area contributed by atoms with Gasteiger partial charge in [-0.1, -0.05) is 23.7 Å². The summed E-state index contributed by atoms with van der Waals surface area (Å²) in [5.74, 6) is 1.38. The summed E-state index contributed by atoms with van der Waals surface area (Å²) in [6.07, 6.45) is 0. The van der Waals surface area contributed by atoms with E-state index in [9.17, 15) is 0 Å². The van der Waals surface area contributed by atoms with Gasteiger partial charge in [0.2, 0.25) is 0 Å². The number of aryl methyl sites for hydroxylation is 1. The molecule has 0 aliphatic carbocycles. The monoisotopic (exact) mass is 233 g/mol. The van der Waals surface area contributed by atoms with Crippen molar-refractivity contribution in [3.63, 3.8) is 0 Å². The fourth-order valence-electron chi connectivity index (χ4n) is 1.37. The minimum atomic E-state index is 0.594. The maximum absolute atomic E-state index is 6.00. The molecule has 82 valence electrons. The Morgan fingerprint density at radius 3 is 2.56 bits per heavy atom. The Kier molecular flexibility index (Phi) is 3.02. The van der Waals surface area contributed by atoms with Gasteiger partial charge in [0.25, 0.3) is 0 Å². The molecule has 0 aromatic heterocycles. The highest BCUT2D eigenvalue weighted by molar-refractivity contribution is 6.32. The second-order valence-corrected chi connectivity index (χ2v) is 3.96. The van der Waals surface area contributed by atoms with Gasteiger partial charge in [0.15, 0.2) is 0 Å². The molecule has 0 saturated heterocycles. The van der Waals surface area contributed by atoms with Crippen LogP contribution in [0.4, 0.5) is 5.69 Å². The normalized spacial score (nSPS) is 10.1. The molecule has 0 saturated carbocycles. The largest absolute Gasteiger partial charge is 0.456 e. The SMILES string of the molecule is Cc1cc(Oc2ccccc2Cl)ccc1N. The van der Waals surface area contributed by atoms with E-state index in [1.807, 2.05) is 43.3 Å². The maximum atomic E-state index is 6.00. The van der Waals surface area contributed by atoms with E-state index in [1.165, 1.54) is 0 Å². The highest BCUT2D eigenvalue weighted by Crippen LogP contribution is 2.30. The molecule has 0 bridgehead atoms. The number of rotatable bonds is 2. The number of hydrogen-bond donors (Lipinski definition) is 1. The summed E-state index contributed by atoms with van der Waals surface area (Å²) >= 11 is 6.00. The Hall–Kier alpha value is -1.67. The van der Waals surface area contributed by atoms with E-state index in [4.69, 9.17) is 22.1 Å². The van der Waals surface area contributed by atoms with Crippen LogP contribution in [0.15, 0.2) is 42.5 Å². The van der Waals surface area contributed by atoms with E-state index >= 15 is 0 Å². The summed E-state index contributed by atoms with van der Waals surface area (Å²) in [5, 5.41) is 0.594. The van der Waals surface area contributed by atoms with E-state index in [0.29, 0.717) is 10.8 Å². The Balaban J connectivity index is 2.28. The molecule has 0 unspecified atom stereocenters. The first-order valence-electron chi connectivity index (χ1n) is 4.95. The third-order valence-electron chi connectivity index (χ3n) is 2.31. The van der Waals surface area contributed by atoms with Gasteiger partial charge in [0.05, 0.1) is 5.02 Å². The maximum Gasteiger partial charge on any atom is 0.146 e. The van der Waals surface area contributed by atoms with Crippen LogP contribution in [0.1, 0.15) is 5.56 Å². The average Bonchev–Trinajstić information content (AvgIpc) is 2.27. The number of anilines is 1. The molecule has 0 aliphatic heterocycles. The minimum Gasteiger partial charge on any atom is -0.456 e. The lowest BCUT2D eigenvalue weighted by Gasteiger charge is -2.08. The smallest absolute Gasteiger partial charge is 0.146 e. The van der Waals surface area contributed by atoms with Gasteiger partial charge in [-0.2, -0.15) is 0 Å². The average molecular weight is 234 g/mol. The number of para-hydroxylation sites is 1. The molecule has 2 aromatic rings. The highest BCUT2D eigenvalue weighted by Gasteiger charge is 2.02. The van der Waals surface area contributed by atoms with Crippen LogP contribution in [0.25, 0.3) is 0 Å². The number of benzene rings is 2. The summed E-state index contributed by atoms with van der Waals surface area (Å²) < 4.78 is 5.66. The van der Waals surface area contributed by atoms with E-state index < -0.39 is 0 Å². The van der Waals surface area contributed by atoms with Crippen molar-refractivity contribution in [2.24, 2.45) is 0 Å². The van der Waals surface area contributed by atoms with Crippen molar-refractivity contribution in [1.29, 1.82) is 0 Å². The van der Waals surface area contributed by atoms with Gasteiger partial charge in [-0.05, 0) is 42.8 Å². The molecule has 0 spiro atoms. The Bertz CT molecular complexity index is 511. The van der Waals surface area contributed by atoms with Crippen molar-refractivity contribution in [3.8, 4) is 11.5 Å². The zero-order valence-corrected chi connectivity index (χ0v) is 9.66. The van der Waals surface area contributed by atoms with E-state index in [1.54, 1.807) is 6.07 Å². The summed E-state index contributed by atoms with van der Waals surface area (Å²) in [5.41, 5.74) is 7.48. The fraction of sp³-hybridized carbons (Fsp3) is 0.0769. The van der Waals surface area contributed by atoms with Gasteiger partial charge in [-0.15, -0.1) is 0 Å². The molecule has 2 aromatic carbocycles. The first-order chi connectivity index (χ1) is 7.66. The van der Waals surface area contributed by atoms with E-state index in [0.717, 1.165) is 17.0 Å². The molecule has 0 amide bonds. The molecule has 2 rings (SSSR count). The van der Waals surface area contributed by atoms with Gasteiger partial charge in [0, 0.05) is 5.69 Å². The van der Waals surface area contributed by atoms with Gasteiger partial charge >= 0.3 is 0 Å². The number of nitrogen functional groups attached to an aromatic ring is 1. The lowest BCUT2D eigenvalue weighted by molar-refractivity contribution is 0.482. The first-order valence-corrected chi connectivity index (χ1v) is 5.33. The first kappa shape index (κ1) is 10.8. The molecule has 0 heterocycles. The molecule has 0 aliphatic rings. The molecule has 3 heteroatoms. The Morgan fingerprint density at radius 2 is 1.88 bits per heavy atom. The Labute approximate surface area is 99.6 Å².